The Morgan fingerprint density at radius 1 is 0.968 bits per heavy atom. The van der Waals surface area contributed by atoms with Gasteiger partial charge in [-0.05, 0) is 81.3 Å². The number of likely N-dealkylation sites (tertiary alicyclic amines) is 1. The van der Waals surface area contributed by atoms with Crippen LogP contribution in [0.1, 0.15) is 56.9 Å². The third kappa shape index (κ3) is 5.57. The molecule has 3 heterocycles. The minimum atomic E-state index is 0.410. The van der Waals surface area contributed by atoms with Crippen molar-refractivity contribution < 1.29 is 4.74 Å². The topological polar surface area (TPSA) is 33.5 Å². The molecule has 5 heteroatoms. The van der Waals surface area contributed by atoms with Crippen molar-refractivity contribution in [2.45, 2.75) is 70.1 Å². The summed E-state index contributed by atoms with van der Waals surface area (Å²) in [6.45, 7) is 6.81. The number of hydrogen-bond donors (Lipinski definition) is 0. The van der Waals surface area contributed by atoms with Crippen LogP contribution in [0.5, 0.6) is 0 Å². The summed E-state index contributed by atoms with van der Waals surface area (Å²) in [6.07, 6.45) is 15.2. The van der Waals surface area contributed by atoms with Crippen molar-refractivity contribution in [1.82, 2.24) is 19.6 Å². The van der Waals surface area contributed by atoms with Crippen molar-refractivity contribution in [3.8, 4) is 5.69 Å². The summed E-state index contributed by atoms with van der Waals surface area (Å²) in [5.74, 6) is 0.813. The monoisotopic (exact) mass is 422 g/mol. The van der Waals surface area contributed by atoms with E-state index in [0.29, 0.717) is 6.10 Å². The van der Waals surface area contributed by atoms with Gasteiger partial charge in [0.1, 0.15) is 0 Å². The Labute approximate surface area is 187 Å². The molecule has 0 unspecified atom stereocenters. The molecule has 168 valence electrons. The van der Waals surface area contributed by atoms with Gasteiger partial charge in [0.25, 0.3) is 0 Å². The molecule has 2 aliphatic heterocycles. The molecular formula is C26H38N4O. The van der Waals surface area contributed by atoms with Crippen LogP contribution in [0.25, 0.3) is 5.69 Å². The van der Waals surface area contributed by atoms with Crippen LogP contribution < -0.4 is 0 Å². The van der Waals surface area contributed by atoms with Gasteiger partial charge < -0.3 is 9.64 Å². The zero-order chi connectivity index (χ0) is 20.9. The minimum absolute atomic E-state index is 0.410. The van der Waals surface area contributed by atoms with E-state index in [1.54, 1.807) is 0 Å². The summed E-state index contributed by atoms with van der Waals surface area (Å²) < 4.78 is 7.96. The fourth-order valence-electron chi connectivity index (χ4n) is 5.89. The van der Waals surface area contributed by atoms with Crippen LogP contribution in [-0.2, 0) is 11.3 Å². The van der Waals surface area contributed by atoms with E-state index < -0.39 is 0 Å². The molecule has 1 aromatic carbocycles. The van der Waals surface area contributed by atoms with Crippen molar-refractivity contribution in [1.29, 1.82) is 0 Å². The number of aromatic nitrogens is 2. The first-order chi connectivity index (χ1) is 15.3. The van der Waals surface area contributed by atoms with Crippen molar-refractivity contribution >= 4 is 0 Å². The van der Waals surface area contributed by atoms with E-state index in [1.165, 1.54) is 76.6 Å². The van der Waals surface area contributed by atoms with Crippen molar-refractivity contribution in [3.05, 3.63) is 48.3 Å². The maximum absolute atomic E-state index is 6.01. The van der Waals surface area contributed by atoms with E-state index in [9.17, 15) is 0 Å². The van der Waals surface area contributed by atoms with Gasteiger partial charge in [-0.2, -0.15) is 5.10 Å². The molecule has 2 aromatic rings. The van der Waals surface area contributed by atoms with Crippen molar-refractivity contribution in [2.75, 3.05) is 32.8 Å². The number of ether oxygens (including phenoxy) is 1. The smallest absolute Gasteiger partial charge is 0.0702 e. The third-order valence-electron chi connectivity index (χ3n) is 7.58. The highest BCUT2D eigenvalue weighted by atomic mass is 16.5. The molecule has 3 fully saturated rings. The van der Waals surface area contributed by atoms with E-state index in [-0.39, 0.29) is 0 Å². The van der Waals surface area contributed by atoms with Gasteiger partial charge in [-0.25, -0.2) is 4.68 Å². The van der Waals surface area contributed by atoms with Gasteiger partial charge in [0, 0.05) is 44.7 Å². The highest BCUT2D eigenvalue weighted by Gasteiger charge is 2.29. The lowest BCUT2D eigenvalue weighted by atomic mass is 9.94. The van der Waals surface area contributed by atoms with Crippen LogP contribution in [0.4, 0.5) is 0 Å². The Bertz CT molecular complexity index is 787. The molecule has 0 N–H and O–H groups in total. The average Bonchev–Trinajstić information content (AvgIpc) is 3.58. The van der Waals surface area contributed by atoms with Gasteiger partial charge >= 0.3 is 0 Å². The lowest BCUT2D eigenvalue weighted by Gasteiger charge is -2.38. The predicted octanol–water partition coefficient (Wildman–Crippen LogP) is 4.51. The van der Waals surface area contributed by atoms with E-state index in [1.807, 2.05) is 23.1 Å². The average molecular weight is 423 g/mol. The Hall–Kier alpha value is -1.69. The van der Waals surface area contributed by atoms with Gasteiger partial charge in [-0.15, -0.1) is 0 Å². The molecule has 5 nitrogen and oxygen atoms in total. The number of piperidine rings is 1. The Morgan fingerprint density at radius 2 is 1.84 bits per heavy atom. The van der Waals surface area contributed by atoms with E-state index in [0.717, 1.165) is 37.3 Å². The summed E-state index contributed by atoms with van der Waals surface area (Å²) in [5, 5.41) is 4.40. The molecule has 0 bridgehead atoms. The Kier molecular flexibility index (Phi) is 7.02. The molecule has 1 aromatic heterocycles. The molecule has 1 saturated carbocycles. The summed E-state index contributed by atoms with van der Waals surface area (Å²) >= 11 is 0. The second kappa shape index (κ2) is 10.3. The van der Waals surface area contributed by atoms with E-state index in [2.05, 4.69) is 39.2 Å². The first-order valence-electron chi connectivity index (χ1n) is 12.5. The maximum Gasteiger partial charge on any atom is 0.0702 e. The van der Waals surface area contributed by atoms with Gasteiger partial charge in [0.15, 0.2) is 0 Å². The highest BCUT2D eigenvalue weighted by Crippen LogP contribution is 2.29. The normalized spacial score (nSPS) is 23.8. The SMILES string of the molecule is c1cc(CN(CC2CCN(C3CCCC3)CC2)C[C@@H]2CCCO2)cc(-n2cccn2)c1. The molecule has 5 rings (SSSR count). The van der Waals surface area contributed by atoms with E-state index in [4.69, 9.17) is 4.74 Å². The molecule has 1 atom stereocenters. The lowest BCUT2D eigenvalue weighted by molar-refractivity contribution is 0.0540. The van der Waals surface area contributed by atoms with Crippen LogP contribution in [0.2, 0.25) is 0 Å². The second-order valence-electron chi connectivity index (χ2n) is 9.87. The van der Waals surface area contributed by atoms with Gasteiger partial charge in [0.05, 0.1) is 11.8 Å². The molecule has 31 heavy (non-hydrogen) atoms. The van der Waals surface area contributed by atoms with Gasteiger partial charge in [-0.3, -0.25) is 4.90 Å². The Balaban J connectivity index is 1.21. The number of benzene rings is 1. The van der Waals surface area contributed by atoms with Crippen LogP contribution in [-0.4, -0.2) is 64.5 Å². The van der Waals surface area contributed by atoms with Crippen molar-refractivity contribution in [3.63, 3.8) is 0 Å². The largest absolute Gasteiger partial charge is 0.377 e. The number of rotatable bonds is 8. The molecule has 0 radical (unpaired) electrons. The minimum Gasteiger partial charge on any atom is -0.377 e. The quantitative estimate of drug-likeness (QED) is 0.627. The van der Waals surface area contributed by atoms with Gasteiger partial charge in [-0.1, -0.05) is 25.0 Å². The van der Waals surface area contributed by atoms with Crippen LogP contribution >= 0.6 is 0 Å². The zero-order valence-corrected chi connectivity index (χ0v) is 18.9. The summed E-state index contributed by atoms with van der Waals surface area (Å²) in [6, 6.07) is 11.7. The third-order valence-corrected chi connectivity index (χ3v) is 7.58. The first-order valence-corrected chi connectivity index (χ1v) is 12.5. The van der Waals surface area contributed by atoms with E-state index >= 15 is 0 Å². The van der Waals surface area contributed by atoms with Crippen LogP contribution in [0.3, 0.4) is 0 Å². The fourth-order valence-corrected chi connectivity index (χ4v) is 5.89. The standard InChI is InChI=1S/C26H38N4O/c1-2-8-24(7-1)29-15-11-22(12-16-29)19-28(21-26-10-4-17-31-26)20-23-6-3-9-25(18-23)30-14-5-13-27-30/h3,5-6,9,13-14,18,22,24,26H,1-2,4,7-8,10-12,15-17,19-21H2/t26-/m0/s1. The number of hydrogen-bond acceptors (Lipinski definition) is 4. The van der Waals surface area contributed by atoms with Crippen LogP contribution in [0.15, 0.2) is 42.7 Å². The molecule has 2 saturated heterocycles. The zero-order valence-electron chi connectivity index (χ0n) is 18.9. The number of nitrogens with zero attached hydrogens (tertiary/aromatic N) is 4. The van der Waals surface area contributed by atoms with Crippen molar-refractivity contribution in [2.24, 2.45) is 5.92 Å². The summed E-state index contributed by atoms with van der Waals surface area (Å²) in [5.41, 5.74) is 2.51. The predicted molar refractivity (Wildman–Crippen MR) is 124 cm³/mol. The maximum atomic E-state index is 6.01. The molecule has 1 aliphatic carbocycles. The van der Waals surface area contributed by atoms with Gasteiger partial charge in [0.2, 0.25) is 0 Å². The molecule has 0 amide bonds. The van der Waals surface area contributed by atoms with Crippen LogP contribution in [0, 0.1) is 5.92 Å². The first kappa shape index (κ1) is 21.2. The molecule has 0 spiro atoms. The fraction of sp³-hybridized carbons (Fsp3) is 0.654. The summed E-state index contributed by atoms with van der Waals surface area (Å²) in [4.78, 5) is 5.47. The summed E-state index contributed by atoms with van der Waals surface area (Å²) in [7, 11) is 0. The Morgan fingerprint density at radius 3 is 2.58 bits per heavy atom. The molecular weight excluding hydrogens is 384 g/mol. The lowest BCUT2D eigenvalue weighted by Crippen LogP contribution is -2.43. The second-order valence-corrected chi connectivity index (χ2v) is 9.87. The molecule has 3 aliphatic rings. The highest BCUT2D eigenvalue weighted by molar-refractivity contribution is 5.35.